The summed E-state index contributed by atoms with van der Waals surface area (Å²) in [4.78, 5) is 30.9. The van der Waals surface area contributed by atoms with Crippen LogP contribution in [0.5, 0.6) is 0 Å². The minimum absolute atomic E-state index is 0.0301. The van der Waals surface area contributed by atoms with Gasteiger partial charge >= 0.3 is 0 Å². The third-order valence-corrected chi connectivity index (χ3v) is 8.90. The van der Waals surface area contributed by atoms with Gasteiger partial charge in [-0.25, -0.2) is 22.2 Å². The summed E-state index contributed by atoms with van der Waals surface area (Å²) in [5.41, 5.74) is 0. The van der Waals surface area contributed by atoms with Gasteiger partial charge in [-0.3, -0.25) is 9.59 Å². The van der Waals surface area contributed by atoms with Gasteiger partial charge < -0.3 is 10.2 Å². The molecule has 34 heavy (non-hydrogen) atoms. The first-order valence-corrected chi connectivity index (χ1v) is 13.5. The van der Waals surface area contributed by atoms with E-state index in [1.807, 2.05) is 0 Å². The number of hydrogen-bond donors (Lipinski definition) is 1. The van der Waals surface area contributed by atoms with Crippen LogP contribution in [0.15, 0.2) is 34.7 Å². The van der Waals surface area contributed by atoms with Gasteiger partial charge in [-0.15, -0.1) is 11.3 Å². The zero-order chi connectivity index (χ0) is 24.3. The van der Waals surface area contributed by atoms with E-state index >= 15 is 0 Å². The predicted molar refractivity (Wildman–Crippen MR) is 123 cm³/mol. The Morgan fingerprint density at radius 2 is 1.97 bits per heavy atom. The van der Waals surface area contributed by atoms with Gasteiger partial charge in [0.05, 0.1) is 6.54 Å². The highest BCUT2D eigenvalue weighted by atomic mass is 32.2. The molecule has 2 heterocycles. The molecule has 1 aromatic heterocycles. The van der Waals surface area contributed by atoms with Gasteiger partial charge in [0.25, 0.3) is 0 Å². The van der Waals surface area contributed by atoms with E-state index in [1.165, 1.54) is 16.2 Å². The zero-order valence-corrected chi connectivity index (χ0v) is 20.1. The highest BCUT2D eigenvalue weighted by Crippen LogP contribution is 2.30. The van der Waals surface area contributed by atoms with Gasteiger partial charge in [0, 0.05) is 24.7 Å². The van der Waals surface area contributed by atoms with Gasteiger partial charge in [-0.05, 0) is 30.5 Å². The second-order valence-corrected chi connectivity index (χ2v) is 11.4. The van der Waals surface area contributed by atoms with Crippen LogP contribution in [0.1, 0.15) is 38.5 Å². The quantitative estimate of drug-likeness (QED) is 0.614. The summed E-state index contributed by atoms with van der Waals surface area (Å²) in [6.45, 7) is -0.711. The second kappa shape index (κ2) is 10.4. The van der Waals surface area contributed by atoms with Crippen molar-refractivity contribution in [2.24, 2.45) is 5.92 Å². The smallest absolute Gasteiger partial charge is 0.248 e. The third-order valence-electron chi connectivity index (χ3n) is 6.36. The lowest BCUT2D eigenvalue weighted by Gasteiger charge is -2.39. The molecule has 2 aromatic rings. The molecule has 1 unspecified atom stereocenters. The van der Waals surface area contributed by atoms with Crippen molar-refractivity contribution >= 4 is 38.3 Å². The van der Waals surface area contributed by atoms with Crippen LogP contribution in [-0.2, 0) is 19.6 Å². The lowest BCUT2D eigenvalue weighted by molar-refractivity contribution is -0.142. The molecule has 2 amide bonds. The zero-order valence-electron chi connectivity index (χ0n) is 18.5. The molecule has 2 aliphatic rings. The van der Waals surface area contributed by atoms with Crippen LogP contribution in [0.2, 0.25) is 0 Å². The summed E-state index contributed by atoms with van der Waals surface area (Å²) in [5.74, 6) is -2.61. The number of carbonyl (C=O) groups is 2. The highest BCUT2D eigenvalue weighted by molar-refractivity contribution is 7.89. The van der Waals surface area contributed by atoms with Gasteiger partial charge in [0.1, 0.15) is 22.6 Å². The number of rotatable bonds is 7. The van der Waals surface area contributed by atoms with Crippen molar-refractivity contribution < 1.29 is 26.8 Å². The van der Waals surface area contributed by atoms with Crippen molar-refractivity contribution in [2.75, 3.05) is 25.0 Å². The van der Waals surface area contributed by atoms with Crippen molar-refractivity contribution in [1.82, 2.24) is 14.2 Å². The van der Waals surface area contributed by atoms with Crippen LogP contribution >= 0.6 is 11.3 Å². The number of aromatic nitrogens is 1. The molecule has 8 nitrogen and oxygen atoms in total. The molecule has 0 spiro atoms. The number of benzene rings is 1. The number of carbonyl (C=O) groups excluding carboxylic acids is 2. The van der Waals surface area contributed by atoms with Crippen LogP contribution in [-0.4, -0.2) is 60.1 Å². The Morgan fingerprint density at radius 1 is 1.21 bits per heavy atom. The fraction of sp³-hybridized carbons (Fsp3) is 0.500. The maximum Gasteiger partial charge on any atom is 0.248 e. The van der Waals surface area contributed by atoms with Crippen LogP contribution in [0.4, 0.5) is 13.9 Å². The van der Waals surface area contributed by atoms with E-state index < -0.39 is 45.0 Å². The third kappa shape index (κ3) is 5.44. The van der Waals surface area contributed by atoms with E-state index in [0.717, 1.165) is 48.5 Å². The normalized spacial score (nSPS) is 19.2. The lowest BCUT2D eigenvalue weighted by Crippen LogP contribution is -2.58. The first-order chi connectivity index (χ1) is 16.3. The van der Waals surface area contributed by atoms with Crippen molar-refractivity contribution in [2.45, 2.75) is 49.5 Å². The topological polar surface area (TPSA) is 99.7 Å². The van der Waals surface area contributed by atoms with Crippen molar-refractivity contribution in [3.63, 3.8) is 0 Å². The van der Waals surface area contributed by atoms with E-state index in [4.69, 9.17) is 0 Å². The standard InChI is InChI=1S/C22H26F2N4O4S2/c23-16-6-7-17(24)19(13-16)34(31,32)27-9-10-28(20(29)14-27)18(12-15-4-2-1-3-5-15)21(30)26-22-25-8-11-33-22/h6-8,11,13,15,18H,1-5,9-10,12,14H2,(H,25,26,30). The molecule has 1 saturated heterocycles. The molecule has 184 valence electrons. The number of amides is 2. The van der Waals surface area contributed by atoms with Crippen molar-refractivity contribution in [3.8, 4) is 0 Å². The van der Waals surface area contributed by atoms with Crippen LogP contribution < -0.4 is 5.32 Å². The Kier molecular flexibility index (Phi) is 7.58. The molecular weight excluding hydrogens is 486 g/mol. The van der Waals surface area contributed by atoms with Crippen LogP contribution in [0.3, 0.4) is 0 Å². The lowest BCUT2D eigenvalue weighted by atomic mass is 9.84. The number of thiazole rings is 1. The SMILES string of the molecule is O=C(Nc1nccs1)C(CC1CCCCC1)N1CCN(S(=O)(=O)c2cc(F)ccc2F)CC1=O. The minimum atomic E-state index is -4.42. The average molecular weight is 513 g/mol. The van der Waals surface area contributed by atoms with E-state index in [9.17, 15) is 26.8 Å². The van der Waals surface area contributed by atoms with Crippen molar-refractivity contribution in [1.29, 1.82) is 0 Å². The number of sulfonamides is 1. The predicted octanol–water partition coefficient (Wildman–Crippen LogP) is 3.23. The maximum absolute atomic E-state index is 14.1. The van der Waals surface area contributed by atoms with E-state index in [1.54, 1.807) is 11.6 Å². The van der Waals surface area contributed by atoms with E-state index in [2.05, 4.69) is 10.3 Å². The Hall–Kier alpha value is -2.44. The Bertz CT molecular complexity index is 1140. The molecule has 1 aromatic carbocycles. The molecule has 2 fully saturated rings. The van der Waals surface area contributed by atoms with Crippen molar-refractivity contribution in [3.05, 3.63) is 41.4 Å². The fourth-order valence-electron chi connectivity index (χ4n) is 4.60. The van der Waals surface area contributed by atoms with E-state index in [0.29, 0.717) is 17.6 Å². The molecule has 0 radical (unpaired) electrons. The largest absolute Gasteiger partial charge is 0.328 e. The monoisotopic (exact) mass is 512 g/mol. The molecule has 12 heteroatoms. The number of piperazine rings is 1. The summed E-state index contributed by atoms with van der Waals surface area (Å²) in [6, 6.07) is 1.41. The Labute approximate surface area is 201 Å². The molecule has 0 bridgehead atoms. The molecule has 4 rings (SSSR count). The first-order valence-electron chi connectivity index (χ1n) is 11.2. The van der Waals surface area contributed by atoms with Gasteiger partial charge in [0.15, 0.2) is 5.13 Å². The Balaban J connectivity index is 1.52. The summed E-state index contributed by atoms with van der Waals surface area (Å²) < 4.78 is 54.4. The number of nitrogens with zero attached hydrogens (tertiary/aromatic N) is 3. The average Bonchev–Trinajstić information content (AvgIpc) is 3.33. The van der Waals surface area contributed by atoms with Crippen LogP contribution in [0, 0.1) is 17.6 Å². The molecular formula is C22H26F2N4O4S2. The van der Waals surface area contributed by atoms with E-state index in [-0.39, 0.29) is 24.9 Å². The van der Waals surface area contributed by atoms with Gasteiger partial charge in [0.2, 0.25) is 21.8 Å². The molecule has 1 aliphatic carbocycles. The molecule has 1 aliphatic heterocycles. The summed E-state index contributed by atoms with van der Waals surface area (Å²) >= 11 is 1.27. The van der Waals surface area contributed by atoms with Gasteiger partial charge in [-0.1, -0.05) is 32.1 Å². The molecule has 1 saturated carbocycles. The van der Waals surface area contributed by atoms with Gasteiger partial charge in [-0.2, -0.15) is 4.31 Å². The van der Waals surface area contributed by atoms with Crippen LogP contribution in [0.25, 0.3) is 0 Å². The highest BCUT2D eigenvalue weighted by Gasteiger charge is 2.40. The summed E-state index contributed by atoms with van der Waals surface area (Å²) in [5, 5.41) is 4.92. The molecule has 1 atom stereocenters. The summed E-state index contributed by atoms with van der Waals surface area (Å²) in [6.07, 6.45) is 7.30. The number of halogens is 2. The number of anilines is 1. The second-order valence-electron chi connectivity index (χ2n) is 8.58. The Morgan fingerprint density at radius 3 is 2.65 bits per heavy atom. The first kappa shape index (κ1) is 24.7. The number of hydrogen-bond acceptors (Lipinski definition) is 6. The minimum Gasteiger partial charge on any atom is -0.328 e. The fourth-order valence-corrected chi connectivity index (χ4v) is 6.59. The summed E-state index contributed by atoms with van der Waals surface area (Å²) in [7, 11) is -4.42. The molecule has 1 N–H and O–H groups in total. The number of nitrogens with one attached hydrogen (secondary N) is 1. The maximum atomic E-state index is 14.1.